The van der Waals surface area contributed by atoms with E-state index in [1.807, 2.05) is 6.07 Å². The Balaban J connectivity index is 1.45. The monoisotopic (exact) mass is 608 g/mol. The van der Waals surface area contributed by atoms with E-state index in [9.17, 15) is 14.0 Å². The highest BCUT2D eigenvalue weighted by Gasteiger charge is 2.46. The second-order valence-corrected chi connectivity index (χ2v) is 13.1. The van der Waals surface area contributed by atoms with Crippen molar-refractivity contribution in [1.29, 1.82) is 0 Å². The summed E-state index contributed by atoms with van der Waals surface area (Å²) in [6.45, 7) is 13.4. The van der Waals surface area contributed by atoms with Gasteiger partial charge in [-0.05, 0) is 94.9 Å². The van der Waals surface area contributed by atoms with Crippen molar-refractivity contribution < 1.29 is 23.5 Å². The average Bonchev–Trinajstić information content (AvgIpc) is 3.32. The van der Waals surface area contributed by atoms with E-state index in [-0.39, 0.29) is 18.6 Å². The molecule has 0 saturated carbocycles. The normalized spacial score (nSPS) is 13.5. The predicted molar refractivity (Wildman–Crippen MR) is 183 cm³/mol. The van der Waals surface area contributed by atoms with Gasteiger partial charge in [0.15, 0.2) is 0 Å². The molecule has 0 amide bonds. The molecule has 0 aliphatic heterocycles. The van der Waals surface area contributed by atoms with Gasteiger partial charge in [0, 0.05) is 12.2 Å². The standard InChI is InChI=1S/C41H33FO4/c1-6-36(43)45-22-41(23-46-37(44)7-2)34-20-25(11-15-31(34)32-17-13-29(42)21-35(32)41)30-14-10-24-8-9-26-18-28(40(3,4)5)19-27-12-16-33(30)39(24)38(26)27/h6-21H,1-2,22-23H2,3-5H3. The zero-order valence-corrected chi connectivity index (χ0v) is 26.1. The first-order valence-electron chi connectivity index (χ1n) is 15.3. The smallest absolute Gasteiger partial charge is 0.330 e. The van der Waals surface area contributed by atoms with Gasteiger partial charge in [-0.25, -0.2) is 14.0 Å². The Morgan fingerprint density at radius 1 is 0.696 bits per heavy atom. The molecule has 7 rings (SSSR count). The summed E-state index contributed by atoms with van der Waals surface area (Å²) in [6, 6.07) is 28.3. The van der Waals surface area contributed by atoms with Crippen molar-refractivity contribution in [3.8, 4) is 22.3 Å². The van der Waals surface area contributed by atoms with Crippen molar-refractivity contribution in [1.82, 2.24) is 0 Å². The van der Waals surface area contributed by atoms with Gasteiger partial charge in [-0.1, -0.05) is 101 Å². The van der Waals surface area contributed by atoms with Crippen LogP contribution in [0.3, 0.4) is 0 Å². The van der Waals surface area contributed by atoms with Crippen LogP contribution in [-0.2, 0) is 29.9 Å². The molecule has 0 saturated heterocycles. The largest absolute Gasteiger partial charge is 0.461 e. The summed E-state index contributed by atoms with van der Waals surface area (Å²) in [7, 11) is 0. The van der Waals surface area contributed by atoms with Gasteiger partial charge in [0.1, 0.15) is 19.0 Å². The van der Waals surface area contributed by atoms with Gasteiger partial charge in [0.05, 0.1) is 5.41 Å². The maximum absolute atomic E-state index is 14.8. The first-order valence-corrected chi connectivity index (χ1v) is 15.3. The molecule has 228 valence electrons. The fourth-order valence-electron chi connectivity index (χ4n) is 7.00. The minimum atomic E-state index is -1.16. The molecule has 0 aromatic heterocycles. The molecule has 0 radical (unpaired) electrons. The highest BCUT2D eigenvalue weighted by atomic mass is 19.1. The SMILES string of the molecule is C=CC(=O)OCC1(COC(=O)C=C)c2cc(F)ccc2-c2ccc(-c3ccc4ccc5cc(C(C)(C)C)cc6ccc3c4c56)cc21. The maximum Gasteiger partial charge on any atom is 0.330 e. The van der Waals surface area contributed by atoms with Crippen LogP contribution in [0.15, 0.2) is 110 Å². The van der Waals surface area contributed by atoms with Crippen molar-refractivity contribution in [2.24, 2.45) is 0 Å². The molecule has 4 nitrogen and oxygen atoms in total. The first-order chi connectivity index (χ1) is 22.0. The molecule has 6 aromatic rings. The van der Waals surface area contributed by atoms with E-state index in [0.717, 1.165) is 50.7 Å². The molecule has 0 spiro atoms. The minimum Gasteiger partial charge on any atom is -0.461 e. The van der Waals surface area contributed by atoms with E-state index in [1.165, 1.54) is 39.2 Å². The van der Waals surface area contributed by atoms with Crippen LogP contribution in [0.4, 0.5) is 4.39 Å². The Bertz CT molecular complexity index is 2190. The second kappa shape index (κ2) is 10.7. The van der Waals surface area contributed by atoms with Crippen molar-refractivity contribution in [2.75, 3.05) is 13.2 Å². The quantitative estimate of drug-likeness (QED) is 0.103. The van der Waals surface area contributed by atoms with Crippen molar-refractivity contribution >= 4 is 44.3 Å². The molecule has 0 unspecified atom stereocenters. The third kappa shape index (κ3) is 4.57. The van der Waals surface area contributed by atoms with Gasteiger partial charge >= 0.3 is 11.9 Å². The Morgan fingerprint density at radius 3 is 1.87 bits per heavy atom. The number of halogens is 1. The highest BCUT2D eigenvalue weighted by molar-refractivity contribution is 6.25. The van der Waals surface area contributed by atoms with Gasteiger partial charge in [0.25, 0.3) is 0 Å². The summed E-state index contributed by atoms with van der Waals surface area (Å²) in [5.74, 6) is -1.70. The Hall–Kier alpha value is -5.29. The molecule has 0 bridgehead atoms. The maximum atomic E-state index is 14.8. The molecule has 5 heteroatoms. The Kier molecular flexibility index (Phi) is 6.82. The fourth-order valence-corrected chi connectivity index (χ4v) is 7.00. The van der Waals surface area contributed by atoms with Crippen LogP contribution in [0, 0.1) is 5.82 Å². The molecule has 1 aliphatic rings. The summed E-state index contributed by atoms with van der Waals surface area (Å²) in [4.78, 5) is 24.7. The molecule has 6 aromatic carbocycles. The van der Waals surface area contributed by atoms with Crippen LogP contribution in [0.25, 0.3) is 54.6 Å². The first kappa shape index (κ1) is 29.4. The van der Waals surface area contributed by atoms with Crippen LogP contribution in [0.2, 0.25) is 0 Å². The number of rotatable bonds is 7. The molecule has 0 atom stereocenters. The molecule has 0 heterocycles. The van der Waals surface area contributed by atoms with Crippen LogP contribution < -0.4 is 0 Å². The second-order valence-electron chi connectivity index (χ2n) is 13.1. The molecule has 0 fully saturated rings. The number of carbonyl (C=O) groups is 2. The van der Waals surface area contributed by atoms with Crippen LogP contribution in [0.5, 0.6) is 0 Å². The van der Waals surface area contributed by atoms with Crippen LogP contribution >= 0.6 is 0 Å². The van der Waals surface area contributed by atoms with E-state index < -0.39 is 23.2 Å². The molecular formula is C41H33FO4. The lowest BCUT2D eigenvalue weighted by atomic mass is 9.78. The lowest BCUT2D eigenvalue weighted by Crippen LogP contribution is -2.38. The summed E-state index contributed by atoms with van der Waals surface area (Å²) in [5, 5.41) is 7.11. The number of fused-ring (bicyclic) bond motifs is 3. The average molecular weight is 609 g/mol. The van der Waals surface area contributed by atoms with Gasteiger partial charge in [0.2, 0.25) is 0 Å². The minimum absolute atomic E-state index is 0.0209. The number of esters is 2. The molecule has 0 N–H and O–H groups in total. The number of benzene rings is 6. The molecular weight excluding hydrogens is 575 g/mol. The molecule has 1 aliphatic carbocycles. The zero-order valence-electron chi connectivity index (χ0n) is 26.1. The van der Waals surface area contributed by atoms with Gasteiger partial charge in [-0.3, -0.25) is 0 Å². The zero-order chi connectivity index (χ0) is 32.4. The lowest BCUT2D eigenvalue weighted by Gasteiger charge is -2.31. The van der Waals surface area contributed by atoms with E-state index in [0.29, 0.717) is 5.56 Å². The molecule has 46 heavy (non-hydrogen) atoms. The van der Waals surface area contributed by atoms with Crippen molar-refractivity contribution in [3.05, 3.63) is 133 Å². The van der Waals surface area contributed by atoms with Gasteiger partial charge in [-0.15, -0.1) is 0 Å². The summed E-state index contributed by atoms with van der Waals surface area (Å²) < 4.78 is 26.1. The Morgan fingerprint density at radius 2 is 1.24 bits per heavy atom. The topological polar surface area (TPSA) is 52.6 Å². The highest BCUT2D eigenvalue weighted by Crippen LogP contribution is 2.51. The third-order valence-electron chi connectivity index (χ3n) is 9.35. The third-order valence-corrected chi connectivity index (χ3v) is 9.35. The van der Waals surface area contributed by atoms with Crippen LogP contribution in [-0.4, -0.2) is 25.2 Å². The number of hydrogen-bond donors (Lipinski definition) is 0. The summed E-state index contributed by atoms with van der Waals surface area (Å²) >= 11 is 0. The summed E-state index contributed by atoms with van der Waals surface area (Å²) in [6.07, 6.45) is 2.16. The lowest BCUT2D eigenvalue weighted by molar-refractivity contribution is -0.143. The van der Waals surface area contributed by atoms with E-state index >= 15 is 0 Å². The predicted octanol–water partition coefficient (Wildman–Crippen LogP) is 9.41. The fraction of sp³-hybridized carbons (Fsp3) is 0.171. The number of carbonyl (C=O) groups excluding carboxylic acids is 2. The number of ether oxygens (including phenoxy) is 2. The van der Waals surface area contributed by atoms with Crippen molar-refractivity contribution in [3.63, 3.8) is 0 Å². The Labute approximate surface area is 267 Å². The van der Waals surface area contributed by atoms with E-state index in [2.05, 4.69) is 94.6 Å². The van der Waals surface area contributed by atoms with E-state index in [4.69, 9.17) is 9.47 Å². The van der Waals surface area contributed by atoms with E-state index in [1.54, 1.807) is 6.07 Å². The van der Waals surface area contributed by atoms with Gasteiger partial charge in [-0.2, -0.15) is 0 Å². The van der Waals surface area contributed by atoms with Crippen molar-refractivity contribution in [2.45, 2.75) is 31.6 Å². The van der Waals surface area contributed by atoms with Crippen LogP contribution in [0.1, 0.15) is 37.5 Å². The van der Waals surface area contributed by atoms with Gasteiger partial charge < -0.3 is 9.47 Å². The number of hydrogen-bond acceptors (Lipinski definition) is 4. The summed E-state index contributed by atoms with van der Waals surface area (Å²) in [5.41, 5.74) is 5.13.